The first-order valence-electron chi connectivity index (χ1n) is 7.81. The van der Waals surface area contributed by atoms with E-state index in [0.717, 1.165) is 4.47 Å². The summed E-state index contributed by atoms with van der Waals surface area (Å²) in [6, 6.07) is 5.24. The Morgan fingerprint density at radius 2 is 1.64 bits per heavy atom. The molecule has 0 spiro atoms. The van der Waals surface area contributed by atoms with Crippen LogP contribution in [-0.4, -0.2) is 23.3 Å². The van der Waals surface area contributed by atoms with Gasteiger partial charge in [-0.2, -0.15) is 0 Å². The monoisotopic (exact) mass is 411 g/mol. The largest absolute Gasteiger partial charge is 0.454 e. The van der Waals surface area contributed by atoms with Crippen molar-refractivity contribution in [2.75, 3.05) is 5.32 Å². The minimum Gasteiger partial charge on any atom is -0.454 e. The van der Waals surface area contributed by atoms with E-state index < -0.39 is 23.3 Å². The van der Waals surface area contributed by atoms with Crippen molar-refractivity contribution in [3.05, 3.63) is 28.4 Å². The van der Waals surface area contributed by atoms with Gasteiger partial charge >= 0.3 is 12.1 Å². The Hall–Kier alpha value is -2.02. The molecule has 2 aromatic rings. The number of halogens is 1. The van der Waals surface area contributed by atoms with E-state index in [0.29, 0.717) is 11.0 Å². The van der Waals surface area contributed by atoms with Crippen LogP contribution in [-0.2, 0) is 9.47 Å². The molecular formula is C18H22BrNO5. The van der Waals surface area contributed by atoms with Crippen LogP contribution in [0, 0.1) is 0 Å². The fourth-order valence-electron chi connectivity index (χ4n) is 2.07. The second-order valence-corrected chi connectivity index (χ2v) is 8.49. The fraction of sp³-hybridized carbons (Fsp3) is 0.444. The second-order valence-electron chi connectivity index (χ2n) is 7.58. The Morgan fingerprint density at radius 1 is 1.04 bits per heavy atom. The van der Waals surface area contributed by atoms with Gasteiger partial charge in [-0.3, -0.25) is 5.32 Å². The van der Waals surface area contributed by atoms with Crippen molar-refractivity contribution < 1.29 is 23.5 Å². The molecule has 2 rings (SSSR count). The molecule has 0 aliphatic heterocycles. The standard InChI is InChI=1S/C18H22BrNO5/c1-17(2,3)24-15(21)14-13(20-16(22)25-18(4,5)6)11-8-7-10(19)9-12(11)23-14/h7-9H,1-6H3,(H,20,22). The molecule has 1 amide bonds. The van der Waals surface area contributed by atoms with Crippen molar-refractivity contribution in [2.45, 2.75) is 52.7 Å². The number of benzene rings is 1. The summed E-state index contributed by atoms with van der Waals surface area (Å²) in [4.78, 5) is 24.6. The highest BCUT2D eigenvalue weighted by Gasteiger charge is 2.28. The predicted octanol–water partition coefficient (Wildman–Crippen LogP) is 5.50. The summed E-state index contributed by atoms with van der Waals surface area (Å²) in [5, 5.41) is 3.18. The number of fused-ring (bicyclic) bond motifs is 1. The van der Waals surface area contributed by atoms with Crippen LogP contribution in [0.5, 0.6) is 0 Å². The molecule has 1 aromatic heterocycles. The Labute approximate surface area is 155 Å². The van der Waals surface area contributed by atoms with E-state index in [4.69, 9.17) is 13.9 Å². The lowest BCUT2D eigenvalue weighted by molar-refractivity contribution is 0.00398. The Bertz CT molecular complexity index is 811. The normalized spacial score (nSPS) is 12.1. The molecule has 25 heavy (non-hydrogen) atoms. The van der Waals surface area contributed by atoms with Gasteiger partial charge in [-0.25, -0.2) is 9.59 Å². The zero-order valence-corrected chi connectivity index (χ0v) is 16.7. The minimum absolute atomic E-state index is 0.0751. The van der Waals surface area contributed by atoms with Crippen LogP contribution >= 0.6 is 15.9 Å². The number of esters is 1. The molecule has 0 fully saturated rings. The summed E-state index contributed by atoms with van der Waals surface area (Å²) in [6.45, 7) is 10.5. The lowest BCUT2D eigenvalue weighted by Gasteiger charge is -2.20. The molecule has 0 radical (unpaired) electrons. The number of carbonyl (C=O) groups excluding carboxylic acids is 2. The van der Waals surface area contributed by atoms with Gasteiger partial charge in [0.25, 0.3) is 0 Å². The molecule has 6 nitrogen and oxygen atoms in total. The highest BCUT2D eigenvalue weighted by Crippen LogP contribution is 2.34. The smallest absolute Gasteiger partial charge is 0.412 e. The Kier molecular flexibility index (Phi) is 5.18. The van der Waals surface area contributed by atoms with Crippen molar-refractivity contribution in [1.82, 2.24) is 0 Å². The summed E-state index contributed by atoms with van der Waals surface area (Å²) in [7, 11) is 0. The summed E-state index contributed by atoms with van der Waals surface area (Å²) in [5.74, 6) is -0.736. The number of carbonyl (C=O) groups is 2. The molecule has 0 bridgehead atoms. The van der Waals surface area contributed by atoms with E-state index in [-0.39, 0.29) is 11.4 Å². The highest BCUT2D eigenvalue weighted by molar-refractivity contribution is 9.10. The molecule has 0 atom stereocenters. The van der Waals surface area contributed by atoms with E-state index in [1.54, 1.807) is 59.7 Å². The Morgan fingerprint density at radius 3 is 2.20 bits per heavy atom. The number of furan rings is 1. The molecule has 1 N–H and O–H groups in total. The van der Waals surface area contributed by atoms with Gasteiger partial charge < -0.3 is 13.9 Å². The molecule has 0 saturated carbocycles. The van der Waals surface area contributed by atoms with Gasteiger partial charge in [0, 0.05) is 9.86 Å². The average molecular weight is 412 g/mol. The number of hydrogen-bond acceptors (Lipinski definition) is 5. The van der Waals surface area contributed by atoms with Gasteiger partial charge in [-0.15, -0.1) is 0 Å². The van der Waals surface area contributed by atoms with Gasteiger partial charge in [0.05, 0.1) is 0 Å². The van der Waals surface area contributed by atoms with Gasteiger partial charge in [-0.1, -0.05) is 15.9 Å². The van der Waals surface area contributed by atoms with E-state index in [1.165, 1.54) is 0 Å². The molecule has 0 saturated heterocycles. The van der Waals surface area contributed by atoms with Crippen molar-refractivity contribution in [3.63, 3.8) is 0 Å². The summed E-state index contributed by atoms with van der Waals surface area (Å²) in [5.41, 5.74) is -0.689. The summed E-state index contributed by atoms with van der Waals surface area (Å²) in [6.07, 6.45) is -0.678. The molecule has 0 unspecified atom stereocenters. The third-order valence-electron chi connectivity index (χ3n) is 2.86. The van der Waals surface area contributed by atoms with Crippen molar-refractivity contribution in [2.24, 2.45) is 0 Å². The van der Waals surface area contributed by atoms with Crippen LogP contribution in [0.15, 0.2) is 27.1 Å². The van der Waals surface area contributed by atoms with Crippen molar-refractivity contribution in [1.29, 1.82) is 0 Å². The Balaban J connectivity index is 2.46. The first kappa shape index (κ1) is 19.3. The van der Waals surface area contributed by atoms with Gasteiger partial charge in [-0.05, 0) is 59.7 Å². The second kappa shape index (κ2) is 6.71. The topological polar surface area (TPSA) is 77.8 Å². The van der Waals surface area contributed by atoms with Crippen LogP contribution in [0.25, 0.3) is 11.0 Å². The van der Waals surface area contributed by atoms with Crippen molar-refractivity contribution in [3.8, 4) is 0 Å². The highest BCUT2D eigenvalue weighted by atomic mass is 79.9. The third-order valence-corrected chi connectivity index (χ3v) is 3.36. The fourth-order valence-corrected chi connectivity index (χ4v) is 2.41. The first-order chi connectivity index (χ1) is 11.4. The average Bonchev–Trinajstić information content (AvgIpc) is 2.72. The number of nitrogens with one attached hydrogen (secondary N) is 1. The van der Waals surface area contributed by atoms with Gasteiger partial charge in [0.2, 0.25) is 5.76 Å². The summed E-state index contributed by atoms with van der Waals surface area (Å²) < 4.78 is 17.1. The van der Waals surface area contributed by atoms with Crippen LogP contribution in [0.3, 0.4) is 0 Å². The van der Waals surface area contributed by atoms with E-state index in [1.807, 2.05) is 0 Å². The predicted molar refractivity (Wildman–Crippen MR) is 98.9 cm³/mol. The number of ether oxygens (including phenoxy) is 2. The third kappa shape index (κ3) is 5.22. The molecule has 0 aliphatic rings. The zero-order valence-electron chi connectivity index (χ0n) is 15.2. The first-order valence-corrected chi connectivity index (χ1v) is 8.60. The zero-order chi connectivity index (χ0) is 19.0. The lowest BCUT2D eigenvalue weighted by atomic mass is 10.2. The van der Waals surface area contributed by atoms with Gasteiger partial charge in [0.15, 0.2) is 0 Å². The molecular weight excluding hydrogens is 390 g/mol. The van der Waals surface area contributed by atoms with E-state index in [9.17, 15) is 9.59 Å². The van der Waals surface area contributed by atoms with Crippen LogP contribution in [0.1, 0.15) is 52.1 Å². The molecule has 0 aliphatic carbocycles. The maximum Gasteiger partial charge on any atom is 0.412 e. The maximum absolute atomic E-state index is 12.5. The lowest BCUT2D eigenvalue weighted by Crippen LogP contribution is -2.28. The van der Waals surface area contributed by atoms with E-state index >= 15 is 0 Å². The molecule has 1 aromatic carbocycles. The summed E-state index contributed by atoms with van der Waals surface area (Å²) >= 11 is 3.35. The van der Waals surface area contributed by atoms with Crippen LogP contribution in [0.2, 0.25) is 0 Å². The van der Waals surface area contributed by atoms with Crippen LogP contribution < -0.4 is 5.32 Å². The molecule has 136 valence electrons. The number of hydrogen-bond donors (Lipinski definition) is 1. The quantitative estimate of drug-likeness (QED) is 0.660. The SMILES string of the molecule is CC(C)(C)OC(=O)Nc1c(C(=O)OC(C)(C)C)oc2cc(Br)ccc12. The van der Waals surface area contributed by atoms with E-state index in [2.05, 4.69) is 21.2 Å². The van der Waals surface area contributed by atoms with Crippen LogP contribution in [0.4, 0.5) is 10.5 Å². The maximum atomic E-state index is 12.5. The van der Waals surface area contributed by atoms with Gasteiger partial charge in [0.1, 0.15) is 22.5 Å². The number of rotatable bonds is 2. The van der Waals surface area contributed by atoms with Crippen molar-refractivity contribution >= 4 is 44.6 Å². The minimum atomic E-state index is -0.695. The molecule has 1 heterocycles. The number of anilines is 1. The molecule has 7 heteroatoms. The number of amides is 1.